The highest BCUT2D eigenvalue weighted by Crippen LogP contribution is 2.19. The van der Waals surface area contributed by atoms with E-state index in [1.54, 1.807) is 6.07 Å². The number of hydrogen-bond acceptors (Lipinski definition) is 1. The minimum Gasteiger partial charge on any atom is -0.328 e. The monoisotopic (exact) mass is 203 g/mol. The fourth-order valence-electron chi connectivity index (χ4n) is 1.78. The van der Waals surface area contributed by atoms with Crippen molar-refractivity contribution in [2.24, 2.45) is 5.73 Å². The Kier molecular flexibility index (Phi) is 2.69. The summed E-state index contributed by atoms with van der Waals surface area (Å²) in [6.07, 6.45) is 0.782. The van der Waals surface area contributed by atoms with Crippen LogP contribution in [0.4, 0.5) is 4.39 Å². The predicted molar refractivity (Wildman–Crippen MR) is 61.3 cm³/mol. The third-order valence-corrected chi connectivity index (χ3v) is 2.45. The molecule has 0 aliphatic rings. The molecule has 0 spiro atoms. The van der Waals surface area contributed by atoms with Gasteiger partial charge in [0, 0.05) is 11.4 Å². The second kappa shape index (κ2) is 3.99. The lowest BCUT2D eigenvalue weighted by Gasteiger charge is -2.06. The molecule has 1 unspecified atom stereocenters. The van der Waals surface area contributed by atoms with Crippen LogP contribution in [0.3, 0.4) is 0 Å². The molecular weight excluding hydrogens is 189 g/mol. The first-order valence-electron chi connectivity index (χ1n) is 5.09. The van der Waals surface area contributed by atoms with Gasteiger partial charge in [0.05, 0.1) is 0 Å². The lowest BCUT2D eigenvalue weighted by molar-refractivity contribution is 0.639. The molecule has 0 aliphatic carbocycles. The third kappa shape index (κ3) is 2.16. The van der Waals surface area contributed by atoms with E-state index < -0.39 is 0 Å². The standard InChI is InChI=1S/C13H14FN/c1-9(15)7-10-5-6-11-3-2-4-13(14)12(11)8-10/h2-6,8-9H,7,15H2,1H3. The van der Waals surface area contributed by atoms with Crippen molar-refractivity contribution in [3.63, 3.8) is 0 Å². The van der Waals surface area contributed by atoms with E-state index in [0.717, 1.165) is 17.4 Å². The molecule has 0 heterocycles. The Morgan fingerprint density at radius 2 is 2.07 bits per heavy atom. The van der Waals surface area contributed by atoms with Crippen LogP contribution in [0.5, 0.6) is 0 Å². The van der Waals surface area contributed by atoms with Crippen LogP contribution in [0, 0.1) is 5.82 Å². The van der Waals surface area contributed by atoms with Gasteiger partial charge in [0.1, 0.15) is 5.82 Å². The van der Waals surface area contributed by atoms with Crippen molar-refractivity contribution < 1.29 is 4.39 Å². The Bertz CT molecular complexity index is 477. The highest BCUT2D eigenvalue weighted by atomic mass is 19.1. The lowest BCUT2D eigenvalue weighted by Crippen LogP contribution is -2.17. The first-order chi connectivity index (χ1) is 7.16. The zero-order valence-electron chi connectivity index (χ0n) is 8.70. The van der Waals surface area contributed by atoms with Crippen LogP contribution in [-0.2, 0) is 6.42 Å². The normalized spacial score (nSPS) is 13.0. The second-order valence-electron chi connectivity index (χ2n) is 3.98. The summed E-state index contributed by atoms with van der Waals surface area (Å²) in [7, 11) is 0. The van der Waals surface area contributed by atoms with Crippen molar-refractivity contribution in [2.45, 2.75) is 19.4 Å². The lowest BCUT2D eigenvalue weighted by atomic mass is 10.0. The molecule has 2 N–H and O–H groups in total. The number of halogens is 1. The van der Waals surface area contributed by atoms with E-state index in [9.17, 15) is 4.39 Å². The fourth-order valence-corrected chi connectivity index (χ4v) is 1.78. The van der Waals surface area contributed by atoms with Crippen LogP contribution in [0.15, 0.2) is 36.4 Å². The SMILES string of the molecule is CC(N)Cc1ccc2cccc(F)c2c1. The van der Waals surface area contributed by atoms with E-state index in [1.807, 2.05) is 31.2 Å². The van der Waals surface area contributed by atoms with Crippen LogP contribution in [0.25, 0.3) is 10.8 Å². The van der Waals surface area contributed by atoms with Crippen molar-refractivity contribution in [1.82, 2.24) is 0 Å². The summed E-state index contributed by atoms with van der Waals surface area (Å²) in [6.45, 7) is 1.95. The van der Waals surface area contributed by atoms with Gasteiger partial charge in [0.25, 0.3) is 0 Å². The van der Waals surface area contributed by atoms with Gasteiger partial charge in [0.2, 0.25) is 0 Å². The summed E-state index contributed by atoms with van der Waals surface area (Å²) in [5.74, 6) is -0.168. The Balaban J connectivity index is 2.50. The van der Waals surface area contributed by atoms with E-state index in [0.29, 0.717) is 5.39 Å². The van der Waals surface area contributed by atoms with Gasteiger partial charge in [-0.1, -0.05) is 24.3 Å². The summed E-state index contributed by atoms with van der Waals surface area (Å²) in [6, 6.07) is 11.1. The zero-order valence-corrected chi connectivity index (χ0v) is 8.70. The second-order valence-corrected chi connectivity index (χ2v) is 3.98. The summed E-state index contributed by atoms with van der Waals surface area (Å²) in [5.41, 5.74) is 6.80. The summed E-state index contributed by atoms with van der Waals surface area (Å²) >= 11 is 0. The molecule has 2 rings (SSSR count). The number of rotatable bonds is 2. The molecule has 2 heteroatoms. The van der Waals surface area contributed by atoms with Gasteiger partial charge in [-0.25, -0.2) is 4.39 Å². The van der Waals surface area contributed by atoms with Crippen LogP contribution < -0.4 is 5.73 Å². The van der Waals surface area contributed by atoms with Gasteiger partial charge in [-0.05, 0) is 36.4 Å². The molecule has 78 valence electrons. The molecule has 0 aliphatic heterocycles. The summed E-state index contributed by atoms with van der Waals surface area (Å²) < 4.78 is 13.5. The van der Waals surface area contributed by atoms with E-state index in [4.69, 9.17) is 5.73 Å². The maximum absolute atomic E-state index is 13.5. The Labute approximate surface area is 88.7 Å². The van der Waals surface area contributed by atoms with Gasteiger partial charge >= 0.3 is 0 Å². The Morgan fingerprint density at radius 1 is 1.27 bits per heavy atom. The first kappa shape index (κ1) is 10.1. The van der Waals surface area contributed by atoms with Crippen LogP contribution in [0.2, 0.25) is 0 Å². The van der Waals surface area contributed by atoms with Gasteiger partial charge in [0.15, 0.2) is 0 Å². The van der Waals surface area contributed by atoms with Gasteiger partial charge in [-0.15, -0.1) is 0 Å². The van der Waals surface area contributed by atoms with E-state index in [2.05, 4.69) is 0 Å². The average molecular weight is 203 g/mol. The highest BCUT2D eigenvalue weighted by molar-refractivity contribution is 5.83. The van der Waals surface area contributed by atoms with Crippen LogP contribution in [0.1, 0.15) is 12.5 Å². The van der Waals surface area contributed by atoms with Gasteiger partial charge in [-0.3, -0.25) is 0 Å². The van der Waals surface area contributed by atoms with Crippen molar-refractivity contribution in [1.29, 1.82) is 0 Å². The van der Waals surface area contributed by atoms with Gasteiger partial charge < -0.3 is 5.73 Å². The number of fused-ring (bicyclic) bond motifs is 1. The van der Waals surface area contributed by atoms with E-state index in [1.165, 1.54) is 6.07 Å². The molecule has 1 atom stereocenters. The smallest absolute Gasteiger partial charge is 0.131 e. The summed E-state index contributed by atoms with van der Waals surface area (Å²) in [5, 5.41) is 1.61. The van der Waals surface area contributed by atoms with Crippen LogP contribution >= 0.6 is 0 Å². The Morgan fingerprint density at radius 3 is 2.80 bits per heavy atom. The Hall–Kier alpha value is -1.41. The molecule has 0 aromatic heterocycles. The zero-order chi connectivity index (χ0) is 10.8. The molecule has 0 saturated carbocycles. The largest absolute Gasteiger partial charge is 0.328 e. The maximum atomic E-state index is 13.5. The quantitative estimate of drug-likeness (QED) is 0.798. The fraction of sp³-hybridized carbons (Fsp3) is 0.231. The molecule has 0 radical (unpaired) electrons. The minimum absolute atomic E-state index is 0.106. The average Bonchev–Trinajstić information content (AvgIpc) is 2.18. The third-order valence-electron chi connectivity index (χ3n) is 2.45. The molecule has 0 fully saturated rings. The molecule has 2 aromatic carbocycles. The minimum atomic E-state index is -0.168. The maximum Gasteiger partial charge on any atom is 0.131 e. The van der Waals surface area contributed by atoms with Crippen LogP contribution in [-0.4, -0.2) is 6.04 Å². The molecule has 0 bridgehead atoms. The molecule has 0 saturated heterocycles. The van der Waals surface area contributed by atoms with Gasteiger partial charge in [-0.2, -0.15) is 0 Å². The number of hydrogen-bond donors (Lipinski definition) is 1. The predicted octanol–water partition coefficient (Wildman–Crippen LogP) is 2.87. The van der Waals surface area contributed by atoms with E-state index >= 15 is 0 Å². The van der Waals surface area contributed by atoms with Crippen molar-refractivity contribution in [2.75, 3.05) is 0 Å². The molecule has 15 heavy (non-hydrogen) atoms. The molecule has 2 aromatic rings. The van der Waals surface area contributed by atoms with Crippen molar-refractivity contribution >= 4 is 10.8 Å². The molecule has 1 nitrogen and oxygen atoms in total. The number of nitrogens with two attached hydrogens (primary N) is 1. The summed E-state index contributed by atoms with van der Waals surface area (Å²) in [4.78, 5) is 0. The number of benzene rings is 2. The van der Waals surface area contributed by atoms with E-state index in [-0.39, 0.29) is 11.9 Å². The van der Waals surface area contributed by atoms with Crippen molar-refractivity contribution in [3.8, 4) is 0 Å². The molecule has 0 amide bonds. The van der Waals surface area contributed by atoms with Crippen molar-refractivity contribution in [3.05, 3.63) is 47.8 Å². The topological polar surface area (TPSA) is 26.0 Å². The first-order valence-corrected chi connectivity index (χ1v) is 5.09. The highest BCUT2D eigenvalue weighted by Gasteiger charge is 2.02. The molecular formula is C13H14FN.